The molecular weight excluding hydrogens is 218 g/mol. The third kappa shape index (κ3) is 2.21. The molecule has 1 aliphatic heterocycles. The van der Waals surface area contributed by atoms with Gasteiger partial charge in [-0.15, -0.1) is 0 Å². The Morgan fingerprint density at radius 3 is 2.89 bits per heavy atom. The van der Waals surface area contributed by atoms with Crippen molar-refractivity contribution in [2.24, 2.45) is 0 Å². The fourth-order valence-corrected chi connectivity index (χ4v) is 3.89. The number of benzene rings is 1. The Balaban J connectivity index is 1.87. The van der Waals surface area contributed by atoms with E-state index in [4.69, 9.17) is 0 Å². The van der Waals surface area contributed by atoms with Gasteiger partial charge in [0.1, 0.15) is 0 Å². The molecule has 1 fully saturated rings. The van der Waals surface area contributed by atoms with Crippen LogP contribution < -0.4 is 0 Å². The minimum atomic E-state index is 0.820. The summed E-state index contributed by atoms with van der Waals surface area (Å²) in [5.41, 5.74) is 3.26. The number of hydrogen-bond acceptors (Lipinski definition) is 1. The molecule has 0 radical (unpaired) electrons. The molecule has 1 nitrogen and oxygen atoms in total. The van der Waals surface area contributed by atoms with Crippen LogP contribution in [0.15, 0.2) is 24.3 Å². The largest absolute Gasteiger partial charge is 0.296 e. The fraction of sp³-hybridized carbons (Fsp3) is 0.647. The Hall–Kier alpha value is -0.820. The standard InChI is InChI=1S/C17H25N/c1-2-3-12-18-13-14-8-4-5-9-15(14)16-10-6-7-11-17(16)18/h4-5,8-9,16-17H,2-3,6-7,10-13H2,1H3/t16-,17-/m1/s1. The van der Waals surface area contributed by atoms with Gasteiger partial charge in [-0.05, 0) is 42.9 Å². The van der Waals surface area contributed by atoms with Crippen molar-refractivity contribution in [2.75, 3.05) is 6.54 Å². The second-order valence-corrected chi connectivity index (χ2v) is 5.98. The first-order valence-electron chi connectivity index (χ1n) is 7.72. The van der Waals surface area contributed by atoms with Crippen LogP contribution in [-0.4, -0.2) is 17.5 Å². The highest BCUT2D eigenvalue weighted by Gasteiger charge is 2.35. The molecule has 0 amide bonds. The second kappa shape index (κ2) is 5.44. The van der Waals surface area contributed by atoms with Gasteiger partial charge in [0.15, 0.2) is 0 Å². The average molecular weight is 243 g/mol. The SMILES string of the molecule is CCCCN1Cc2ccccc2[C@H]2CCCC[C@H]21. The van der Waals surface area contributed by atoms with E-state index in [2.05, 4.69) is 36.1 Å². The van der Waals surface area contributed by atoms with Crippen LogP contribution in [0.25, 0.3) is 0 Å². The van der Waals surface area contributed by atoms with Crippen molar-refractivity contribution in [2.45, 2.75) is 64.0 Å². The summed E-state index contributed by atoms with van der Waals surface area (Å²) < 4.78 is 0. The fourth-order valence-electron chi connectivity index (χ4n) is 3.89. The molecule has 1 heteroatoms. The van der Waals surface area contributed by atoms with Crippen molar-refractivity contribution in [3.63, 3.8) is 0 Å². The molecule has 1 heterocycles. The zero-order valence-corrected chi connectivity index (χ0v) is 11.6. The zero-order chi connectivity index (χ0) is 12.4. The highest BCUT2D eigenvalue weighted by atomic mass is 15.2. The van der Waals surface area contributed by atoms with Gasteiger partial charge in [-0.2, -0.15) is 0 Å². The van der Waals surface area contributed by atoms with E-state index in [0.717, 1.165) is 12.0 Å². The molecule has 3 rings (SSSR count). The van der Waals surface area contributed by atoms with E-state index in [-0.39, 0.29) is 0 Å². The molecule has 1 aliphatic carbocycles. The number of fused-ring (bicyclic) bond motifs is 3. The van der Waals surface area contributed by atoms with Gasteiger partial charge >= 0.3 is 0 Å². The first-order valence-corrected chi connectivity index (χ1v) is 7.72. The first kappa shape index (κ1) is 12.2. The molecule has 0 spiro atoms. The molecule has 2 aliphatic rings. The summed E-state index contributed by atoms with van der Waals surface area (Å²) in [6.07, 6.45) is 8.36. The molecule has 18 heavy (non-hydrogen) atoms. The quantitative estimate of drug-likeness (QED) is 0.764. The lowest BCUT2D eigenvalue weighted by atomic mass is 9.75. The van der Waals surface area contributed by atoms with Crippen LogP contribution in [0, 0.1) is 0 Å². The van der Waals surface area contributed by atoms with Gasteiger partial charge in [0.25, 0.3) is 0 Å². The maximum Gasteiger partial charge on any atom is 0.0239 e. The van der Waals surface area contributed by atoms with Crippen LogP contribution in [0.1, 0.15) is 62.5 Å². The summed E-state index contributed by atoms with van der Waals surface area (Å²) in [5, 5.41) is 0. The number of nitrogens with zero attached hydrogens (tertiary/aromatic N) is 1. The highest BCUT2D eigenvalue weighted by molar-refractivity contribution is 5.34. The Kier molecular flexibility index (Phi) is 3.69. The van der Waals surface area contributed by atoms with Gasteiger partial charge in [-0.3, -0.25) is 4.90 Å². The molecule has 0 bridgehead atoms. The summed E-state index contributed by atoms with van der Waals surface area (Å²) in [4.78, 5) is 2.77. The molecule has 0 unspecified atom stereocenters. The third-order valence-corrected chi connectivity index (χ3v) is 4.83. The number of hydrogen-bond donors (Lipinski definition) is 0. The molecule has 1 aromatic rings. The zero-order valence-electron chi connectivity index (χ0n) is 11.6. The Labute approximate surface area is 111 Å². The predicted octanol–water partition coefficient (Wildman–Crippen LogP) is 4.33. The summed E-state index contributed by atoms with van der Waals surface area (Å²) in [7, 11) is 0. The smallest absolute Gasteiger partial charge is 0.0239 e. The van der Waals surface area contributed by atoms with E-state index in [0.29, 0.717) is 0 Å². The van der Waals surface area contributed by atoms with Crippen LogP contribution in [0.5, 0.6) is 0 Å². The molecule has 0 saturated heterocycles. The minimum Gasteiger partial charge on any atom is -0.296 e. The molecule has 1 saturated carbocycles. The maximum atomic E-state index is 2.77. The van der Waals surface area contributed by atoms with Gasteiger partial charge in [0.05, 0.1) is 0 Å². The van der Waals surface area contributed by atoms with E-state index in [1.807, 2.05) is 0 Å². The molecule has 0 N–H and O–H groups in total. The topological polar surface area (TPSA) is 3.24 Å². The van der Waals surface area contributed by atoms with E-state index >= 15 is 0 Å². The number of unbranched alkanes of at least 4 members (excludes halogenated alkanes) is 1. The van der Waals surface area contributed by atoms with Crippen molar-refractivity contribution in [3.05, 3.63) is 35.4 Å². The van der Waals surface area contributed by atoms with E-state index in [1.54, 1.807) is 11.1 Å². The van der Waals surface area contributed by atoms with Gasteiger partial charge in [-0.1, -0.05) is 50.5 Å². The molecule has 98 valence electrons. The molecule has 1 aromatic carbocycles. The Morgan fingerprint density at radius 2 is 2.00 bits per heavy atom. The molecular formula is C17H25N. The normalized spacial score (nSPS) is 27.6. The maximum absolute atomic E-state index is 2.77. The molecule has 0 aromatic heterocycles. The summed E-state index contributed by atoms with van der Waals surface area (Å²) in [6.45, 7) is 4.79. The van der Waals surface area contributed by atoms with Crippen LogP contribution in [0.3, 0.4) is 0 Å². The van der Waals surface area contributed by atoms with Crippen molar-refractivity contribution in [3.8, 4) is 0 Å². The van der Waals surface area contributed by atoms with Crippen LogP contribution >= 0.6 is 0 Å². The molecule has 2 atom stereocenters. The minimum absolute atomic E-state index is 0.820. The summed E-state index contributed by atoms with van der Waals surface area (Å²) >= 11 is 0. The Morgan fingerprint density at radius 1 is 1.17 bits per heavy atom. The van der Waals surface area contributed by atoms with Gasteiger partial charge in [0.2, 0.25) is 0 Å². The van der Waals surface area contributed by atoms with E-state index in [1.165, 1.54) is 51.6 Å². The monoisotopic (exact) mass is 243 g/mol. The lowest BCUT2D eigenvalue weighted by Crippen LogP contribution is -2.45. The first-order chi connectivity index (χ1) is 8.90. The van der Waals surface area contributed by atoms with Gasteiger partial charge in [-0.25, -0.2) is 0 Å². The Bertz CT molecular complexity index is 398. The second-order valence-electron chi connectivity index (χ2n) is 5.98. The van der Waals surface area contributed by atoms with Gasteiger partial charge in [0, 0.05) is 12.6 Å². The lowest BCUT2D eigenvalue weighted by Gasteiger charge is -2.45. The average Bonchev–Trinajstić information content (AvgIpc) is 2.45. The van der Waals surface area contributed by atoms with E-state index < -0.39 is 0 Å². The van der Waals surface area contributed by atoms with Crippen molar-refractivity contribution in [1.29, 1.82) is 0 Å². The van der Waals surface area contributed by atoms with Crippen molar-refractivity contribution in [1.82, 2.24) is 4.90 Å². The summed E-state index contributed by atoms with van der Waals surface area (Å²) in [5.74, 6) is 0.820. The van der Waals surface area contributed by atoms with Gasteiger partial charge < -0.3 is 0 Å². The highest BCUT2D eigenvalue weighted by Crippen LogP contribution is 2.41. The lowest BCUT2D eigenvalue weighted by molar-refractivity contribution is 0.111. The van der Waals surface area contributed by atoms with Crippen LogP contribution in [-0.2, 0) is 6.54 Å². The summed E-state index contributed by atoms with van der Waals surface area (Å²) in [6, 6.07) is 10.0. The van der Waals surface area contributed by atoms with Crippen molar-refractivity contribution >= 4 is 0 Å². The van der Waals surface area contributed by atoms with Crippen LogP contribution in [0.2, 0.25) is 0 Å². The number of rotatable bonds is 3. The van der Waals surface area contributed by atoms with E-state index in [9.17, 15) is 0 Å². The third-order valence-electron chi connectivity index (χ3n) is 4.83. The van der Waals surface area contributed by atoms with Crippen LogP contribution in [0.4, 0.5) is 0 Å². The predicted molar refractivity (Wildman–Crippen MR) is 76.8 cm³/mol. The van der Waals surface area contributed by atoms with Crippen molar-refractivity contribution < 1.29 is 0 Å².